The van der Waals surface area contributed by atoms with Crippen molar-refractivity contribution in [3.05, 3.63) is 12.2 Å². The van der Waals surface area contributed by atoms with Crippen LogP contribution < -0.4 is 27.2 Å². The highest BCUT2D eigenvalue weighted by molar-refractivity contribution is 5.93. The first-order chi connectivity index (χ1) is 31.1. The predicted octanol–water partition coefficient (Wildman–Crippen LogP) is 0.390. The zero-order valence-corrected chi connectivity index (χ0v) is 38.3. The van der Waals surface area contributed by atoms with Crippen LogP contribution in [0.2, 0.25) is 0 Å². The number of aliphatic hydroxyl groups is 1. The molecule has 5 amide bonds. The van der Waals surface area contributed by atoms with Gasteiger partial charge in [0.05, 0.1) is 65.5 Å². The molecule has 0 rings (SSSR count). The van der Waals surface area contributed by atoms with Gasteiger partial charge in [-0.1, -0.05) is 83.3 Å². The first-order valence-corrected chi connectivity index (χ1v) is 22.2. The Morgan fingerprint density at radius 3 is 1.52 bits per heavy atom. The van der Waals surface area contributed by atoms with Crippen LogP contribution >= 0.6 is 0 Å². The molecule has 22 heteroatoms. The fourth-order valence-electron chi connectivity index (χ4n) is 5.88. The Morgan fingerprint density at radius 1 is 0.585 bits per heavy atom. The number of nitrogens with one attached hydrogen (secondary N) is 4. The van der Waals surface area contributed by atoms with Gasteiger partial charge in [-0.3, -0.25) is 47.9 Å². The second kappa shape index (κ2) is 38.0. The highest BCUT2D eigenvalue weighted by Gasteiger charge is 2.24. The molecule has 0 radical (unpaired) electrons. The predicted molar refractivity (Wildman–Crippen MR) is 234 cm³/mol. The third kappa shape index (κ3) is 32.9. The van der Waals surface area contributed by atoms with E-state index >= 15 is 0 Å². The lowest BCUT2D eigenvalue weighted by Crippen LogP contribution is -2.46. The molecule has 0 saturated heterocycles. The normalized spacial score (nSPS) is 11.8. The Labute approximate surface area is 380 Å². The van der Waals surface area contributed by atoms with Crippen molar-refractivity contribution in [3.8, 4) is 0 Å². The number of hydrogen-bond acceptors (Lipinski definition) is 16. The van der Waals surface area contributed by atoms with E-state index in [0.29, 0.717) is 0 Å². The molecule has 0 saturated carbocycles. The molecule has 0 unspecified atom stereocenters. The van der Waals surface area contributed by atoms with Gasteiger partial charge in [-0.05, 0) is 19.3 Å². The number of halogens is 1. The molecule has 0 aromatic carbocycles. The Kier molecular flexibility index (Phi) is 34.8. The average Bonchev–Trinajstić information content (AvgIpc) is 3.28. The van der Waals surface area contributed by atoms with Gasteiger partial charge in [0.2, 0.25) is 29.5 Å². The molecule has 0 bridgehead atoms. The molecule has 0 fully saturated rings. The van der Waals surface area contributed by atoms with Crippen LogP contribution in [0.3, 0.4) is 0 Å². The first kappa shape index (κ1) is 59.6. The van der Waals surface area contributed by atoms with Crippen molar-refractivity contribution in [3.63, 3.8) is 0 Å². The van der Waals surface area contributed by atoms with E-state index in [1.54, 1.807) is 6.08 Å². The summed E-state index contributed by atoms with van der Waals surface area (Å²) in [4.78, 5) is 124. The number of nitrogens with zero attached hydrogens (tertiary/aromatic N) is 2. The summed E-state index contributed by atoms with van der Waals surface area (Å²) >= 11 is 0. The molecular weight excluding hydrogens is 858 g/mol. The lowest BCUT2D eigenvalue weighted by atomic mass is 10.0. The van der Waals surface area contributed by atoms with Crippen molar-refractivity contribution < 1.29 is 71.7 Å². The molecule has 7 N–H and O–H groups in total. The van der Waals surface area contributed by atoms with Gasteiger partial charge in [0.15, 0.2) is 11.6 Å². The van der Waals surface area contributed by atoms with Crippen LogP contribution in [0.1, 0.15) is 116 Å². The number of ether oxygens (including phenoxy) is 3. The maximum atomic E-state index is 12.9. The quantitative estimate of drug-likeness (QED) is 0.0160. The number of carbonyl (C=O) groups excluding carboxylic acids is 10. The fraction of sp³-hybridized carbons (Fsp3) is 0.721. The van der Waals surface area contributed by atoms with E-state index in [2.05, 4.69) is 32.3 Å². The Hall–Kier alpha value is -5.35. The van der Waals surface area contributed by atoms with Crippen LogP contribution in [0.4, 0.5) is 4.48 Å². The molecule has 0 aromatic heterocycles. The van der Waals surface area contributed by atoms with E-state index in [1.165, 1.54) is 57.8 Å². The zero-order valence-electron chi connectivity index (χ0n) is 38.3. The van der Waals surface area contributed by atoms with Crippen LogP contribution in [0.25, 0.3) is 0 Å². The van der Waals surface area contributed by atoms with Crippen LogP contribution in [0.15, 0.2) is 12.2 Å². The van der Waals surface area contributed by atoms with Gasteiger partial charge in [0, 0.05) is 19.3 Å². The number of ketones is 2. The first-order valence-electron chi connectivity index (χ1n) is 22.2. The lowest BCUT2D eigenvalue weighted by Gasteiger charge is -2.21. The SMILES string of the molecule is CCCCCCCCCCCCC/C=C/[C@@H](O)[C@H](N)COC(=O)CCC(=O)NCC(=O)NCC(=O)N(CC(=O)CCCC(=O)CN(CC(=O)OC)C(=O)CNC(=O)CNF)CC(=O)OC. The van der Waals surface area contributed by atoms with Gasteiger partial charge in [0.1, 0.15) is 26.2 Å². The number of esters is 3. The largest absolute Gasteiger partial charge is 0.468 e. The van der Waals surface area contributed by atoms with Crippen molar-refractivity contribution in [2.75, 3.05) is 73.2 Å². The van der Waals surface area contributed by atoms with E-state index in [0.717, 1.165) is 48.8 Å². The molecule has 0 spiro atoms. The van der Waals surface area contributed by atoms with Gasteiger partial charge in [-0.15, -0.1) is 10.0 Å². The average molecular weight is 930 g/mol. The van der Waals surface area contributed by atoms with E-state index in [1.807, 2.05) is 6.08 Å². The second-order valence-electron chi connectivity index (χ2n) is 15.3. The Bertz CT molecular complexity index is 1530. The smallest absolute Gasteiger partial charge is 0.325 e. The summed E-state index contributed by atoms with van der Waals surface area (Å²) in [5, 5.41) is 16.9. The summed E-state index contributed by atoms with van der Waals surface area (Å²) in [5.41, 5.74) is 7.05. The topological polar surface area (TPSA) is 299 Å². The van der Waals surface area contributed by atoms with Crippen molar-refractivity contribution in [1.82, 2.24) is 31.3 Å². The van der Waals surface area contributed by atoms with E-state index in [-0.39, 0.29) is 38.7 Å². The number of rotatable bonds is 39. The fourth-order valence-corrected chi connectivity index (χ4v) is 5.88. The molecule has 370 valence electrons. The van der Waals surface area contributed by atoms with Gasteiger partial charge >= 0.3 is 17.9 Å². The highest BCUT2D eigenvalue weighted by Crippen LogP contribution is 2.12. The maximum Gasteiger partial charge on any atom is 0.325 e. The number of nitrogens with two attached hydrogens (primary N) is 1. The lowest BCUT2D eigenvalue weighted by molar-refractivity contribution is -0.148. The third-order valence-electron chi connectivity index (χ3n) is 9.73. The molecule has 2 atom stereocenters. The van der Waals surface area contributed by atoms with Crippen molar-refractivity contribution in [2.24, 2.45) is 5.73 Å². The summed E-state index contributed by atoms with van der Waals surface area (Å²) in [6, 6.07) is -0.864. The van der Waals surface area contributed by atoms with Crippen LogP contribution in [0, 0.1) is 0 Å². The molecule has 0 aliphatic heterocycles. The van der Waals surface area contributed by atoms with Gasteiger partial charge in [-0.2, -0.15) is 0 Å². The summed E-state index contributed by atoms with van der Waals surface area (Å²) in [5.74, 6) is -7.61. The summed E-state index contributed by atoms with van der Waals surface area (Å²) in [6.07, 6.45) is 15.7. The highest BCUT2D eigenvalue weighted by atomic mass is 19.2. The minimum absolute atomic E-state index is 0.0426. The zero-order chi connectivity index (χ0) is 48.8. The van der Waals surface area contributed by atoms with E-state index < -0.39 is 124 Å². The second-order valence-corrected chi connectivity index (χ2v) is 15.3. The Morgan fingerprint density at radius 2 is 1.05 bits per heavy atom. The number of Topliss-reactive ketones (excluding diaryl/α,β-unsaturated/α-hetero) is 2. The van der Waals surface area contributed by atoms with Crippen molar-refractivity contribution in [2.45, 2.75) is 128 Å². The number of methoxy groups -OCH3 is 2. The summed E-state index contributed by atoms with van der Waals surface area (Å²) in [6.45, 7) is -3.08. The number of unbranched alkanes of at least 4 members (excludes halogenated alkanes) is 11. The molecule has 0 aliphatic carbocycles. The maximum absolute atomic E-state index is 12.9. The minimum Gasteiger partial charge on any atom is -0.468 e. The van der Waals surface area contributed by atoms with Crippen molar-refractivity contribution >= 4 is 59.0 Å². The van der Waals surface area contributed by atoms with Gasteiger partial charge in [-0.25, -0.2) is 0 Å². The molecule has 65 heavy (non-hydrogen) atoms. The van der Waals surface area contributed by atoms with E-state index in [4.69, 9.17) is 10.5 Å². The van der Waals surface area contributed by atoms with Crippen LogP contribution in [0.5, 0.6) is 0 Å². The number of carbonyl (C=O) groups is 10. The summed E-state index contributed by atoms with van der Waals surface area (Å²) < 4.78 is 26.3. The number of aliphatic hydroxyl groups excluding tert-OH is 1. The Balaban J connectivity index is 4.60. The third-order valence-corrected chi connectivity index (χ3v) is 9.73. The number of allylic oxidation sites excluding steroid dienone is 1. The van der Waals surface area contributed by atoms with Crippen LogP contribution in [-0.2, 0) is 62.2 Å². The van der Waals surface area contributed by atoms with Gasteiger partial charge in [0.25, 0.3) is 0 Å². The minimum atomic E-state index is -1.02. The van der Waals surface area contributed by atoms with Crippen molar-refractivity contribution in [1.29, 1.82) is 0 Å². The monoisotopic (exact) mass is 930 g/mol. The molecule has 0 aromatic rings. The van der Waals surface area contributed by atoms with Crippen LogP contribution in [-0.4, -0.2) is 159 Å². The summed E-state index contributed by atoms with van der Waals surface area (Å²) in [7, 11) is 2.12. The number of amides is 5. The molecular formula is C43H72FN7O14. The van der Waals surface area contributed by atoms with E-state index in [9.17, 15) is 57.5 Å². The number of hydrogen-bond donors (Lipinski definition) is 6. The standard InChI is InChI=1S/C43H72FN7O14/c1-4-5-6-7-8-9-10-11-12-13-14-15-16-20-35(54)34(45)31-65-41(60)22-21-36(55)46-23-37(56)47-25-39(58)50(29-42(61)63-2)27-32(52)18-17-19-33(53)28-51(30-43(62)64-3)40(59)26-48-38(57)24-49-44/h16,20,34-35,49,54H,4-15,17-19,21-31,45H2,1-3H3,(H,46,55)(H,47,56)(H,48,57)/b20-16+/t34-,35-/m1/s1. The molecule has 21 nitrogen and oxygen atoms in total. The molecule has 0 heterocycles. The molecule has 0 aliphatic rings. The van der Waals surface area contributed by atoms with Gasteiger partial charge < -0.3 is 50.8 Å².